The Hall–Kier alpha value is -3.59. The van der Waals surface area contributed by atoms with Crippen LogP contribution in [0.5, 0.6) is 5.75 Å². The molecule has 3 rings (SSSR count). The topological polar surface area (TPSA) is 73.6 Å². The Kier molecular flexibility index (Phi) is 6.13. The lowest BCUT2D eigenvalue weighted by molar-refractivity contribution is -0.0500. The molecule has 5 nitrogen and oxygen atoms in total. The summed E-state index contributed by atoms with van der Waals surface area (Å²) in [5, 5.41) is 0. The Balaban J connectivity index is 2.08. The van der Waals surface area contributed by atoms with Gasteiger partial charge in [-0.25, -0.2) is 0 Å². The van der Waals surface area contributed by atoms with Crippen molar-refractivity contribution in [3.05, 3.63) is 102 Å². The first-order valence-corrected chi connectivity index (χ1v) is 10.5. The summed E-state index contributed by atoms with van der Waals surface area (Å²) >= 11 is 0. The van der Waals surface area contributed by atoms with Crippen molar-refractivity contribution >= 4 is 27.0 Å². The van der Waals surface area contributed by atoms with E-state index in [4.69, 9.17) is 4.42 Å². The third kappa shape index (κ3) is 4.38. The molecule has 0 N–H and O–H groups in total. The van der Waals surface area contributed by atoms with Gasteiger partial charge < -0.3 is 8.60 Å². The second-order valence-corrected chi connectivity index (χ2v) is 8.32. The Bertz CT molecular complexity index is 1300. The first-order valence-electron chi connectivity index (χ1n) is 9.10. The smallest absolute Gasteiger partial charge is 0.460 e. The summed E-state index contributed by atoms with van der Waals surface area (Å²) in [7, 11) is -5.97. The zero-order valence-electron chi connectivity index (χ0n) is 16.8. The van der Waals surface area contributed by atoms with Crippen molar-refractivity contribution in [3.63, 3.8) is 0 Å². The van der Waals surface area contributed by atoms with Gasteiger partial charge in [0, 0.05) is 11.1 Å². The Morgan fingerprint density at radius 3 is 2.16 bits per heavy atom. The van der Waals surface area contributed by atoms with E-state index in [-0.39, 0.29) is 5.76 Å². The van der Waals surface area contributed by atoms with Crippen LogP contribution in [0.4, 0.5) is 13.2 Å². The molecule has 0 aliphatic rings. The predicted octanol–water partition coefficient (Wildman–Crippen LogP) is 5.83. The van der Waals surface area contributed by atoms with Crippen molar-refractivity contribution in [2.45, 2.75) is 12.4 Å². The fourth-order valence-corrected chi connectivity index (χ4v) is 3.46. The SMILES string of the molecule is C=C(c1ccccc1)c1coc(C(=O)c2ccccc2OS(=O)(=O)C(F)(F)F)c1C(=C)C. The molecule has 0 unspecified atom stereocenters. The van der Waals surface area contributed by atoms with Crippen LogP contribution in [0, 0.1) is 0 Å². The summed E-state index contributed by atoms with van der Waals surface area (Å²) in [6, 6.07) is 13.7. The highest BCUT2D eigenvalue weighted by molar-refractivity contribution is 7.88. The molecule has 0 radical (unpaired) electrons. The van der Waals surface area contributed by atoms with Crippen molar-refractivity contribution in [3.8, 4) is 5.75 Å². The van der Waals surface area contributed by atoms with Crippen LogP contribution >= 0.6 is 0 Å². The number of halogens is 3. The van der Waals surface area contributed by atoms with Crippen molar-refractivity contribution in [2.75, 3.05) is 0 Å². The maximum Gasteiger partial charge on any atom is 0.534 e. The minimum absolute atomic E-state index is 0.231. The van der Waals surface area contributed by atoms with Crippen LogP contribution in [0.15, 0.2) is 78.4 Å². The lowest BCUT2D eigenvalue weighted by Crippen LogP contribution is -2.28. The molecule has 3 aromatic rings. The van der Waals surface area contributed by atoms with Gasteiger partial charge >= 0.3 is 15.6 Å². The molecule has 0 amide bonds. The zero-order chi connectivity index (χ0) is 23.7. The molecule has 0 fully saturated rings. The van der Waals surface area contributed by atoms with Gasteiger partial charge in [-0.15, -0.1) is 0 Å². The fourth-order valence-electron chi connectivity index (χ4n) is 2.98. The van der Waals surface area contributed by atoms with E-state index in [1.807, 2.05) is 30.3 Å². The quantitative estimate of drug-likeness (QED) is 0.251. The van der Waals surface area contributed by atoms with E-state index in [1.54, 1.807) is 6.92 Å². The monoisotopic (exact) mass is 462 g/mol. The Morgan fingerprint density at radius 2 is 1.56 bits per heavy atom. The summed E-state index contributed by atoms with van der Waals surface area (Å²) in [4.78, 5) is 13.2. The van der Waals surface area contributed by atoms with E-state index in [0.29, 0.717) is 22.3 Å². The van der Waals surface area contributed by atoms with Gasteiger partial charge in [-0.3, -0.25) is 4.79 Å². The molecule has 1 aromatic heterocycles. The number of carbonyl (C=O) groups is 1. The molecular formula is C23H17F3O5S. The number of allylic oxidation sites excluding steroid dienone is 1. The largest absolute Gasteiger partial charge is 0.534 e. The second-order valence-electron chi connectivity index (χ2n) is 6.79. The number of ketones is 1. The summed E-state index contributed by atoms with van der Waals surface area (Å²) in [5.41, 5.74) is -3.57. The number of carbonyl (C=O) groups excluding carboxylic acids is 1. The Morgan fingerprint density at radius 1 is 0.969 bits per heavy atom. The molecule has 0 bridgehead atoms. The van der Waals surface area contributed by atoms with E-state index < -0.39 is 32.7 Å². The van der Waals surface area contributed by atoms with Crippen molar-refractivity contribution in [1.29, 1.82) is 0 Å². The molecule has 166 valence electrons. The Labute approximate surface area is 182 Å². The number of rotatable bonds is 7. The minimum atomic E-state index is -5.97. The normalized spacial score (nSPS) is 11.8. The van der Waals surface area contributed by atoms with Gasteiger partial charge in [-0.2, -0.15) is 21.6 Å². The highest BCUT2D eigenvalue weighted by atomic mass is 32.2. The lowest BCUT2D eigenvalue weighted by Gasteiger charge is -2.12. The second kappa shape index (κ2) is 8.51. The first kappa shape index (κ1) is 23.1. The molecule has 2 aromatic carbocycles. The highest BCUT2D eigenvalue weighted by Crippen LogP contribution is 2.36. The van der Waals surface area contributed by atoms with Gasteiger partial charge in [0.15, 0.2) is 11.5 Å². The molecule has 0 aliphatic carbocycles. The maximum atomic E-state index is 13.2. The van der Waals surface area contributed by atoms with E-state index in [0.717, 1.165) is 17.7 Å². The number of alkyl halides is 3. The number of hydrogen-bond acceptors (Lipinski definition) is 5. The van der Waals surface area contributed by atoms with Gasteiger partial charge in [-0.05, 0) is 35.8 Å². The number of furan rings is 1. The van der Waals surface area contributed by atoms with Gasteiger partial charge in [0.05, 0.1) is 11.8 Å². The predicted molar refractivity (Wildman–Crippen MR) is 113 cm³/mol. The van der Waals surface area contributed by atoms with Crippen LogP contribution in [-0.2, 0) is 10.1 Å². The molecule has 32 heavy (non-hydrogen) atoms. The van der Waals surface area contributed by atoms with E-state index in [9.17, 15) is 26.4 Å². The average Bonchev–Trinajstić information content (AvgIpc) is 3.18. The van der Waals surface area contributed by atoms with Crippen LogP contribution in [0.2, 0.25) is 0 Å². The summed E-state index contributed by atoms with van der Waals surface area (Å²) in [5.74, 6) is -1.88. The third-order valence-corrected chi connectivity index (χ3v) is 5.45. The summed E-state index contributed by atoms with van der Waals surface area (Å²) in [6.45, 7) is 9.52. The molecule has 0 atom stereocenters. The van der Waals surface area contributed by atoms with E-state index in [2.05, 4.69) is 17.3 Å². The standard InChI is InChI=1S/C23H17F3O5S/c1-14(2)20-18(15(3)16-9-5-4-6-10-16)13-30-22(20)21(27)17-11-7-8-12-19(17)31-32(28,29)23(24,25)26/h4-13H,1,3H2,2H3. The minimum Gasteiger partial charge on any atom is -0.460 e. The summed E-state index contributed by atoms with van der Waals surface area (Å²) in [6.07, 6.45) is 1.29. The van der Waals surface area contributed by atoms with Crippen LogP contribution in [0.3, 0.4) is 0 Å². The van der Waals surface area contributed by atoms with Crippen LogP contribution in [0.25, 0.3) is 11.1 Å². The van der Waals surface area contributed by atoms with Crippen LogP contribution < -0.4 is 4.18 Å². The fraction of sp³-hybridized carbons (Fsp3) is 0.0870. The maximum absolute atomic E-state index is 13.2. The molecular weight excluding hydrogens is 445 g/mol. The van der Waals surface area contributed by atoms with Crippen LogP contribution in [-0.4, -0.2) is 19.7 Å². The van der Waals surface area contributed by atoms with Gasteiger partial charge in [-0.1, -0.05) is 55.6 Å². The molecule has 1 heterocycles. The zero-order valence-corrected chi connectivity index (χ0v) is 17.6. The molecule has 0 saturated heterocycles. The molecule has 0 spiro atoms. The number of hydrogen-bond donors (Lipinski definition) is 0. The van der Waals surface area contributed by atoms with Gasteiger partial charge in [0.1, 0.15) is 0 Å². The van der Waals surface area contributed by atoms with Gasteiger partial charge in [0.2, 0.25) is 5.78 Å². The number of para-hydroxylation sites is 1. The van der Waals surface area contributed by atoms with Crippen molar-refractivity contribution in [1.82, 2.24) is 0 Å². The number of benzene rings is 2. The van der Waals surface area contributed by atoms with Crippen molar-refractivity contribution in [2.24, 2.45) is 0 Å². The van der Waals surface area contributed by atoms with Crippen molar-refractivity contribution < 1.29 is 35.0 Å². The first-order chi connectivity index (χ1) is 14.9. The average molecular weight is 462 g/mol. The van der Waals surface area contributed by atoms with Gasteiger partial charge in [0.25, 0.3) is 0 Å². The molecule has 9 heteroatoms. The third-order valence-electron chi connectivity index (χ3n) is 4.49. The summed E-state index contributed by atoms with van der Waals surface area (Å²) < 4.78 is 70.9. The van der Waals surface area contributed by atoms with E-state index in [1.165, 1.54) is 18.4 Å². The van der Waals surface area contributed by atoms with E-state index >= 15 is 0 Å². The lowest BCUT2D eigenvalue weighted by atomic mass is 9.93. The molecule has 0 aliphatic heterocycles. The van der Waals surface area contributed by atoms with Crippen LogP contribution in [0.1, 0.15) is 39.7 Å². The molecule has 0 saturated carbocycles. The highest BCUT2D eigenvalue weighted by Gasteiger charge is 2.49.